The van der Waals surface area contributed by atoms with Crippen molar-refractivity contribution in [1.29, 1.82) is 0 Å². The second kappa shape index (κ2) is 8.31. The van der Waals surface area contributed by atoms with E-state index < -0.39 is 0 Å². The number of para-hydroxylation sites is 1. The van der Waals surface area contributed by atoms with Gasteiger partial charge in [0.2, 0.25) is 5.91 Å². The van der Waals surface area contributed by atoms with Gasteiger partial charge in [-0.25, -0.2) is 4.98 Å². The molecule has 2 N–H and O–H groups in total. The summed E-state index contributed by atoms with van der Waals surface area (Å²) in [5, 5.41) is 6.56. The van der Waals surface area contributed by atoms with Crippen molar-refractivity contribution < 1.29 is 14.3 Å². The van der Waals surface area contributed by atoms with Crippen LogP contribution < -0.4 is 15.4 Å². The number of aromatic nitrogens is 1. The molecule has 6 heteroatoms. The fraction of sp³-hybridized carbons (Fsp3) is 0.261. The third-order valence-corrected chi connectivity index (χ3v) is 5.00. The highest BCUT2D eigenvalue weighted by molar-refractivity contribution is 6.07. The normalized spacial score (nSPS) is 13.1. The minimum absolute atomic E-state index is 0.0791. The van der Waals surface area contributed by atoms with Gasteiger partial charge in [-0.15, -0.1) is 0 Å². The van der Waals surface area contributed by atoms with E-state index in [1.165, 1.54) is 0 Å². The number of benzene rings is 2. The summed E-state index contributed by atoms with van der Waals surface area (Å²) in [6.45, 7) is 0.807. The van der Waals surface area contributed by atoms with E-state index in [0.29, 0.717) is 18.7 Å². The molecule has 0 saturated heterocycles. The Morgan fingerprint density at radius 3 is 2.48 bits per heavy atom. The first-order chi connectivity index (χ1) is 14.2. The van der Waals surface area contributed by atoms with Gasteiger partial charge >= 0.3 is 0 Å². The highest BCUT2D eigenvalue weighted by Crippen LogP contribution is 2.28. The Morgan fingerprint density at radius 1 is 1.03 bits per heavy atom. The molecule has 2 amide bonds. The van der Waals surface area contributed by atoms with E-state index in [1.54, 1.807) is 7.11 Å². The first kappa shape index (κ1) is 18.9. The van der Waals surface area contributed by atoms with Crippen LogP contribution in [-0.4, -0.2) is 37.0 Å². The maximum atomic E-state index is 12.9. The van der Waals surface area contributed by atoms with Crippen LogP contribution >= 0.6 is 0 Å². The van der Waals surface area contributed by atoms with E-state index in [-0.39, 0.29) is 17.7 Å². The zero-order valence-electron chi connectivity index (χ0n) is 16.3. The molecule has 0 bridgehead atoms. The van der Waals surface area contributed by atoms with Gasteiger partial charge in [-0.1, -0.05) is 18.2 Å². The molecule has 0 atom stereocenters. The van der Waals surface area contributed by atoms with E-state index in [2.05, 4.69) is 10.6 Å². The van der Waals surface area contributed by atoms with Crippen molar-refractivity contribution in [3.63, 3.8) is 0 Å². The Labute approximate surface area is 169 Å². The Balaban J connectivity index is 1.54. The first-order valence-corrected chi connectivity index (χ1v) is 9.76. The third kappa shape index (κ3) is 4.37. The van der Waals surface area contributed by atoms with Crippen LogP contribution in [0.1, 0.15) is 23.2 Å². The van der Waals surface area contributed by atoms with E-state index in [0.717, 1.165) is 40.8 Å². The number of carbonyl (C=O) groups is 2. The molecule has 1 aliphatic rings. The standard InChI is InChI=1S/C23H23N3O3/c1-29-17-10-8-15(9-11-17)21-14-19(18-4-2-3-5-20(18)26-21)23(28)25-13-12-24-22(27)16-6-7-16/h2-5,8-11,14,16H,6-7,12-13H2,1H3,(H,24,27)(H,25,28). The molecule has 2 aromatic carbocycles. The van der Waals surface area contributed by atoms with Gasteiger partial charge in [0, 0.05) is 30.0 Å². The molecule has 3 aromatic rings. The molecule has 1 saturated carbocycles. The third-order valence-electron chi connectivity index (χ3n) is 5.00. The van der Waals surface area contributed by atoms with Crippen LogP contribution in [0.5, 0.6) is 5.75 Å². The van der Waals surface area contributed by atoms with E-state index in [9.17, 15) is 9.59 Å². The van der Waals surface area contributed by atoms with Crippen molar-refractivity contribution in [1.82, 2.24) is 15.6 Å². The monoisotopic (exact) mass is 389 g/mol. The number of carbonyl (C=O) groups excluding carboxylic acids is 2. The van der Waals surface area contributed by atoms with E-state index >= 15 is 0 Å². The number of nitrogens with one attached hydrogen (secondary N) is 2. The van der Waals surface area contributed by atoms with Crippen LogP contribution in [0.2, 0.25) is 0 Å². The molecule has 1 aliphatic carbocycles. The molecule has 4 rings (SSSR count). The van der Waals surface area contributed by atoms with Gasteiger partial charge in [0.1, 0.15) is 5.75 Å². The van der Waals surface area contributed by atoms with Crippen molar-refractivity contribution in [3.8, 4) is 17.0 Å². The van der Waals surface area contributed by atoms with Crippen LogP contribution in [0, 0.1) is 5.92 Å². The van der Waals surface area contributed by atoms with Gasteiger partial charge in [0.25, 0.3) is 5.91 Å². The van der Waals surface area contributed by atoms with Gasteiger partial charge in [0.15, 0.2) is 0 Å². The number of nitrogens with zero attached hydrogens (tertiary/aromatic N) is 1. The van der Waals surface area contributed by atoms with Crippen LogP contribution in [0.15, 0.2) is 54.6 Å². The second-order valence-electron chi connectivity index (χ2n) is 7.12. The quantitative estimate of drug-likeness (QED) is 0.608. The van der Waals surface area contributed by atoms with Crippen LogP contribution in [0.4, 0.5) is 0 Å². The van der Waals surface area contributed by atoms with Crippen molar-refractivity contribution in [2.75, 3.05) is 20.2 Å². The van der Waals surface area contributed by atoms with Gasteiger partial charge in [0.05, 0.1) is 23.9 Å². The summed E-state index contributed by atoms with van der Waals surface area (Å²) >= 11 is 0. The lowest BCUT2D eigenvalue weighted by Crippen LogP contribution is -2.35. The zero-order chi connectivity index (χ0) is 20.2. The zero-order valence-corrected chi connectivity index (χ0v) is 16.3. The molecule has 0 unspecified atom stereocenters. The summed E-state index contributed by atoms with van der Waals surface area (Å²) in [6.07, 6.45) is 1.94. The molecule has 29 heavy (non-hydrogen) atoms. The summed E-state index contributed by atoms with van der Waals surface area (Å²) in [5.41, 5.74) is 2.95. The Hall–Kier alpha value is -3.41. The van der Waals surface area contributed by atoms with Crippen molar-refractivity contribution >= 4 is 22.7 Å². The summed E-state index contributed by atoms with van der Waals surface area (Å²) in [6, 6.07) is 17.0. The van der Waals surface area contributed by atoms with Gasteiger partial charge in [-0.05, 0) is 49.2 Å². The van der Waals surface area contributed by atoms with Crippen molar-refractivity contribution in [3.05, 3.63) is 60.2 Å². The van der Waals surface area contributed by atoms with Gasteiger partial charge < -0.3 is 15.4 Å². The summed E-state index contributed by atoms with van der Waals surface area (Å²) in [4.78, 5) is 29.3. The predicted molar refractivity (Wildman–Crippen MR) is 112 cm³/mol. The minimum Gasteiger partial charge on any atom is -0.497 e. The lowest BCUT2D eigenvalue weighted by Gasteiger charge is -2.11. The molecule has 6 nitrogen and oxygen atoms in total. The lowest BCUT2D eigenvalue weighted by molar-refractivity contribution is -0.122. The van der Waals surface area contributed by atoms with E-state index in [4.69, 9.17) is 9.72 Å². The maximum Gasteiger partial charge on any atom is 0.252 e. The number of amides is 2. The maximum absolute atomic E-state index is 12.9. The molecule has 0 spiro atoms. The second-order valence-corrected chi connectivity index (χ2v) is 7.12. The van der Waals surface area contributed by atoms with Gasteiger partial charge in [-0.3, -0.25) is 9.59 Å². The molecule has 148 valence electrons. The first-order valence-electron chi connectivity index (χ1n) is 9.76. The van der Waals surface area contributed by atoms with Crippen LogP contribution in [-0.2, 0) is 4.79 Å². The number of ether oxygens (including phenoxy) is 1. The fourth-order valence-electron chi connectivity index (χ4n) is 3.22. The smallest absolute Gasteiger partial charge is 0.252 e. The Morgan fingerprint density at radius 2 is 1.76 bits per heavy atom. The lowest BCUT2D eigenvalue weighted by atomic mass is 10.0. The van der Waals surface area contributed by atoms with Crippen molar-refractivity contribution in [2.24, 2.45) is 5.92 Å². The average Bonchev–Trinajstić information content (AvgIpc) is 3.61. The molecule has 0 radical (unpaired) electrons. The molecule has 1 heterocycles. The van der Waals surface area contributed by atoms with Gasteiger partial charge in [-0.2, -0.15) is 0 Å². The summed E-state index contributed by atoms with van der Waals surface area (Å²) in [7, 11) is 1.62. The number of pyridine rings is 1. The van der Waals surface area contributed by atoms with E-state index in [1.807, 2.05) is 54.6 Å². The van der Waals surface area contributed by atoms with Crippen molar-refractivity contribution in [2.45, 2.75) is 12.8 Å². The SMILES string of the molecule is COc1ccc(-c2cc(C(=O)NCCNC(=O)C3CC3)c3ccccc3n2)cc1. The topological polar surface area (TPSA) is 80.3 Å². The number of methoxy groups -OCH3 is 1. The van der Waals surface area contributed by atoms with Crippen LogP contribution in [0.25, 0.3) is 22.2 Å². The largest absolute Gasteiger partial charge is 0.497 e. The minimum atomic E-state index is -0.181. The molecule has 1 aromatic heterocycles. The summed E-state index contributed by atoms with van der Waals surface area (Å²) in [5.74, 6) is 0.831. The Bertz CT molecular complexity index is 1040. The average molecular weight is 389 g/mol. The molecule has 1 fully saturated rings. The predicted octanol–water partition coefficient (Wildman–Crippen LogP) is 3.17. The number of hydrogen-bond acceptors (Lipinski definition) is 4. The fourth-order valence-corrected chi connectivity index (χ4v) is 3.22. The highest BCUT2D eigenvalue weighted by Gasteiger charge is 2.29. The molecule has 0 aliphatic heterocycles. The highest BCUT2D eigenvalue weighted by atomic mass is 16.5. The number of hydrogen-bond donors (Lipinski definition) is 2. The number of rotatable bonds is 7. The van der Waals surface area contributed by atoms with Crippen LogP contribution in [0.3, 0.4) is 0 Å². The Kier molecular flexibility index (Phi) is 5.42. The molecular weight excluding hydrogens is 366 g/mol. The molecular formula is C23H23N3O3. The summed E-state index contributed by atoms with van der Waals surface area (Å²) < 4.78 is 5.21. The number of fused-ring (bicyclic) bond motifs is 1.